The molecule has 0 saturated carbocycles. The lowest BCUT2D eigenvalue weighted by atomic mass is 10.1. The molecule has 0 saturated heterocycles. The van der Waals surface area contributed by atoms with Gasteiger partial charge in [0.05, 0.1) is 25.4 Å². The number of aliphatic hydroxyl groups is 1. The number of carbonyl (C=O) groups is 1. The van der Waals surface area contributed by atoms with E-state index in [2.05, 4.69) is 19.2 Å². The van der Waals surface area contributed by atoms with E-state index in [-0.39, 0.29) is 25.7 Å². The number of amides is 1. The maximum Gasteiger partial charge on any atom is 0.472 e. The lowest BCUT2D eigenvalue weighted by Crippen LogP contribution is -2.45. The van der Waals surface area contributed by atoms with Crippen molar-refractivity contribution in [2.45, 2.75) is 129 Å². The molecule has 0 aromatic heterocycles. The first-order chi connectivity index (χ1) is 16.9. The highest BCUT2D eigenvalue weighted by atomic mass is 31.2. The summed E-state index contributed by atoms with van der Waals surface area (Å²) in [5, 5.41) is 13.3. The highest BCUT2D eigenvalue weighted by molar-refractivity contribution is 7.47. The molecule has 0 heterocycles. The molecule has 0 aliphatic heterocycles. The third kappa shape index (κ3) is 22.2. The predicted octanol–water partition coefficient (Wildman–Crippen LogP) is 5.76. The quantitative estimate of drug-likeness (QED) is 0.0683. The molecule has 0 aromatic rings. The van der Waals surface area contributed by atoms with Crippen LogP contribution < -0.4 is 11.1 Å². The Bertz CT molecular complexity index is 576. The van der Waals surface area contributed by atoms with Gasteiger partial charge in [-0.25, -0.2) is 4.57 Å². The average Bonchev–Trinajstić information content (AvgIpc) is 2.83. The molecule has 0 rings (SSSR count). The molecule has 8 nitrogen and oxygen atoms in total. The van der Waals surface area contributed by atoms with Crippen molar-refractivity contribution in [2.24, 2.45) is 5.73 Å². The molecule has 0 aromatic carbocycles. The molecule has 3 atom stereocenters. The van der Waals surface area contributed by atoms with Crippen molar-refractivity contribution < 1.29 is 28.4 Å². The number of unbranched alkanes of at least 4 members (excludes halogenated alkanes) is 13. The molecule has 0 aliphatic carbocycles. The Labute approximate surface area is 214 Å². The Kier molecular flexibility index (Phi) is 23.1. The molecular weight excluding hydrogens is 467 g/mol. The van der Waals surface area contributed by atoms with Crippen molar-refractivity contribution in [3.8, 4) is 0 Å². The van der Waals surface area contributed by atoms with E-state index in [0.717, 1.165) is 38.5 Å². The second kappa shape index (κ2) is 23.6. The summed E-state index contributed by atoms with van der Waals surface area (Å²) in [5.74, 6) is -0.204. The Hall–Kier alpha value is -0.760. The number of allylic oxidation sites excluding steroid dienone is 1. The number of rotatable bonds is 25. The normalized spacial score (nSPS) is 15.2. The molecule has 9 heteroatoms. The fourth-order valence-electron chi connectivity index (χ4n) is 3.72. The third-order valence-electron chi connectivity index (χ3n) is 5.86. The largest absolute Gasteiger partial charge is 0.472 e. The first kappa shape index (κ1) is 34.2. The van der Waals surface area contributed by atoms with Gasteiger partial charge in [0.25, 0.3) is 0 Å². The standard InChI is InChI=1S/C26H53N2O6P/c1-3-5-7-9-11-12-14-16-18-20-26(30)28-24(23-34-35(31,32)33-22-21-27)25(29)19-17-15-13-10-8-6-4-2/h17,19,24-25,29H,3-16,18,20-23,27H2,1-2H3,(H,28,30)(H,31,32)/b19-17+. The van der Waals surface area contributed by atoms with E-state index in [4.69, 9.17) is 14.8 Å². The van der Waals surface area contributed by atoms with Crippen LogP contribution in [0.1, 0.15) is 117 Å². The monoisotopic (exact) mass is 520 g/mol. The number of hydrogen-bond donors (Lipinski definition) is 4. The predicted molar refractivity (Wildman–Crippen MR) is 143 cm³/mol. The number of aliphatic hydroxyl groups excluding tert-OH is 1. The lowest BCUT2D eigenvalue weighted by Gasteiger charge is -2.23. The Morgan fingerprint density at radius 2 is 1.46 bits per heavy atom. The molecule has 1 amide bonds. The van der Waals surface area contributed by atoms with Crippen LogP contribution in [-0.2, 0) is 18.4 Å². The summed E-state index contributed by atoms with van der Waals surface area (Å²) in [6.07, 6.45) is 19.9. The zero-order chi connectivity index (χ0) is 26.2. The molecule has 5 N–H and O–H groups in total. The molecule has 35 heavy (non-hydrogen) atoms. The van der Waals surface area contributed by atoms with Crippen LogP contribution in [0.3, 0.4) is 0 Å². The van der Waals surface area contributed by atoms with Crippen LogP contribution in [0.15, 0.2) is 12.2 Å². The van der Waals surface area contributed by atoms with E-state index in [9.17, 15) is 19.4 Å². The summed E-state index contributed by atoms with van der Waals surface area (Å²) in [5.41, 5.74) is 5.30. The number of nitrogens with two attached hydrogens (primary N) is 1. The summed E-state index contributed by atoms with van der Waals surface area (Å²) in [7, 11) is -4.30. The molecule has 0 aliphatic rings. The van der Waals surface area contributed by atoms with Crippen molar-refractivity contribution in [3.63, 3.8) is 0 Å². The summed E-state index contributed by atoms with van der Waals surface area (Å²) in [4.78, 5) is 22.2. The van der Waals surface area contributed by atoms with E-state index in [1.165, 1.54) is 57.8 Å². The average molecular weight is 521 g/mol. The van der Waals surface area contributed by atoms with Crippen molar-refractivity contribution in [2.75, 3.05) is 19.8 Å². The lowest BCUT2D eigenvalue weighted by molar-refractivity contribution is -0.123. The van der Waals surface area contributed by atoms with Crippen LogP contribution >= 0.6 is 7.82 Å². The highest BCUT2D eigenvalue weighted by Crippen LogP contribution is 2.43. The van der Waals surface area contributed by atoms with Gasteiger partial charge < -0.3 is 21.1 Å². The number of nitrogens with one attached hydrogen (secondary N) is 1. The fraction of sp³-hybridized carbons (Fsp3) is 0.885. The molecule has 0 fully saturated rings. The van der Waals surface area contributed by atoms with Gasteiger partial charge in [-0.2, -0.15) is 0 Å². The van der Waals surface area contributed by atoms with Crippen LogP contribution in [0.4, 0.5) is 0 Å². The second-order valence-electron chi connectivity index (χ2n) is 9.26. The number of hydrogen-bond acceptors (Lipinski definition) is 6. The zero-order valence-corrected chi connectivity index (χ0v) is 23.2. The number of carbonyl (C=O) groups excluding carboxylic acids is 1. The van der Waals surface area contributed by atoms with Crippen molar-refractivity contribution >= 4 is 13.7 Å². The van der Waals surface area contributed by atoms with Gasteiger partial charge in [-0.3, -0.25) is 13.8 Å². The second-order valence-corrected chi connectivity index (χ2v) is 10.7. The van der Waals surface area contributed by atoms with Gasteiger partial charge in [0.2, 0.25) is 5.91 Å². The van der Waals surface area contributed by atoms with Crippen LogP contribution in [0.5, 0.6) is 0 Å². The minimum Gasteiger partial charge on any atom is -0.387 e. The minimum absolute atomic E-state index is 0.0798. The van der Waals surface area contributed by atoms with Crippen LogP contribution in [0.2, 0.25) is 0 Å². The molecule has 0 spiro atoms. The zero-order valence-electron chi connectivity index (χ0n) is 22.3. The Balaban J connectivity index is 4.52. The molecule has 208 valence electrons. The summed E-state index contributed by atoms with van der Waals surface area (Å²) >= 11 is 0. The Morgan fingerprint density at radius 1 is 0.914 bits per heavy atom. The number of phosphoric ester groups is 1. The maximum absolute atomic E-state index is 12.5. The first-order valence-corrected chi connectivity index (χ1v) is 15.3. The van der Waals surface area contributed by atoms with Gasteiger partial charge >= 0.3 is 7.82 Å². The third-order valence-corrected chi connectivity index (χ3v) is 6.85. The van der Waals surface area contributed by atoms with E-state index in [1.807, 2.05) is 6.08 Å². The topological polar surface area (TPSA) is 131 Å². The summed E-state index contributed by atoms with van der Waals surface area (Å²) in [6, 6.07) is -0.848. The van der Waals surface area contributed by atoms with Crippen molar-refractivity contribution in [1.82, 2.24) is 5.32 Å². The number of phosphoric acid groups is 1. The van der Waals surface area contributed by atoms with Crippen LogP contribution in [0, 0.1) is 0 Å². The van der Waals surface area contributed by atoms with Crippen molar-refractivity contribution in [1.29, 1.82) is 0 Å². The summed E-state index contributed by atoms with van der Waals surface area (Å²) in [6.45, 7) is 4.00. The van der Waals surface area contributed by atoms with Crippen LogP contribution in [-0.4, -0.2) is 47.8 Å². The van der Waals surface area contributed by atoms with Gasteiger partial charge in [-0.15, -0.1) is 0 Å². The first-order valence-electron chi connectivity index (χ1n) is 13.8. The van der Waals surface area contributed by atoms with E-state index < -0.39 is 20.0 Å². The summed E-state index contributed by atoms with van der Waals surface area (Å²) < 4.78 is 21.7. The molecule has 0 bridgehead atoms. The van der Waals surface area contributed by atoms with Gasteiger partial charge in [-0.1, -0.05) is 103 Å². The highest BCUT2D eigenvalue weighted by Gasteiger charge is 2.26. The minimum atomic E-state index is -4.30. The fourth-order valence-corrected chi connectivity index (χ4v) is 4.48. The van der Waals surface area contributed by atoms with Crippen LogP contribution in [0.25, 0.3) is 0 Å². The Morgan fingerprint density at radius 3 is 2.03 bits per heavy atom. The maximum atomic E-state index is 12.5. The van der Waals surface area contributed by atoms with Crippen molar-refractivity contribution in [3.05, 3.63) is 12.2 Å². The molecule has 0 radical (unpaired) electrons. The van der Waals surface area contributed by atoms with E-state index in [0.29, 0.717) is 6.42 Å². The van der Waals surface area contributed by atoms with Gasteiger partial charge in [0, 0.05) is 13.0 Å². The molecule has 3 unspecified atom stereocenters. The van der Waals surface area contributed by atoms with Gasteiger partial charge in [0.1, 0.15) is 0 Å². The van der Waals surface area contributed by atoms with Gasteiger partial charge in [0.15, 0.2) is 0 Å². The van der Waals surface area contributed by atoms with Gasteiger partial charge in [-0.05, 0) is 19.3 Å². The van der Waals surface area contributed by atoms with E-state index >= 15 is 0 Å². The van der Waals surface area contributed by atoms with E-state index in [1.54, 1.807) is 6.08 Å². The SMILES string of the molecule is CCCCCCC/C=C/C(O)C(COP(=O)(O)OCCN)NC(=O)CCCCCCCCCCC. The smallest absolute Gasteiger partial charge is 0.387 e. The molecular formula is C26H53N2O6P.